The first-order chi connectivity index (χ1) is 12.3. The molecule has 0 heterocycles. The minimum Gasteiger partial charge on any atom is -0.481 e. The molecule has 0 saturated heterocycles. The molecule has 2 amide bonds. The van der Waals surface area contributed by atoms with Crippen LogP contribution in [0.25, 0.3) is 0 Å². The number of nitrogens with one attached hydrogen (secondary N) is 2. The largest absolute Gasteiger partial charge is 0.481 e. The van der Waals surface area contributed by atoms with Crippen molar-refractivity contribution in [3.05, 3.63) is 50.4 Å². The first kappa shape index (κ1) is 20.6. The maximum Gasteiger partial charge on any atom is 0.262 e. The Bertz CT molecular complexity index is 820. The van der Waals surface area contributed by atoms with Crippen LogP contribution < -0.4 is 15.4 Å². The number of carbonyl (C=O) groups excluding carboxylic acids is 2. The van der Waals surface area contributed by atoms with Crippen molar-refractivity contribution in [1.29, 1.82) is 0 Å². The average Bonchev–Trinajstić information content (AvgIpc) is 2.56. The van der Waals surface area contributed by atoms with E-state index in [1.807, 2.05) is 13.0 Å². The molecule has 0 radical (unpaired) electrons. The van der Waals surface area contributed by atoms with Crippen LogP contribution in [0.3, 0.4) is 0 Å². The summed E-state index contributed by atoms with van der Waals surface area (Å²) in [5.74, 6) is -0.118. The third-order valence-electron chi connectivity index (χ3n) is 3.43. The number of carbonyl (C=O) groups is 2. The zero-order valence-electron chi connectivity index (χ0n) is 14.2. The van der Waals surface area contributed by atoms with E-state index >= 15 is 0 Å². The molecule has 2 aromatic carbocycles. The lowest BCUT2D eigenvalue weighted by Crippen LogP contribution is -2.20. The lowest BCUT2D eigenvalue weighted by molar-refractivity contribution is -0.118. The van der Waals surface area contributed by atoms with Crippen LogP contribution in [0.2, 0.25) is 10.0 Å². The SMILES string of the molecule is CCC(=O)Nc1cc(NC(=O)COc2c(Cl)cc(Cl)cc2Br)ccc1C. The molecule has 0 atom stereocenters. The lowest BCUT2D eigenvalue weighted by atomic mass is 10.1. The number of hydrogen-bond donors (Lipinski definition) is 2. The summed E-state index contributed by atoms with van der Waals surface area (Å²) in [4.78, 5) is 23.7. The summed E-state index contributed by atoms with van der Waals surface area (Å²) in [6, 6.07) is 8.42. The lowest BCUT2D eigenvalue weighted by Gasteiger charge is -2.13. The van der Waals surface area contributed by atoms with Gasteiger partial charge in [0.25, 0.3) is 5.91 Å². The second-order valence-corrected chi connectivity index (χ2v) is 7.16. The van der Waals surface area contributed by atoms with Gasteiger partial charge in [-0.1, -0.05) is 36.2 Å². The van der Waals surface area contributed by atoms with Crippen LogP contribution in [0.4, 0.5) is 11.4 Å². The molecule has 5 nitrogen and oxygen atoms in total. The smallest absolute Gasteiger partial charge is 0.262 e. The maximum atomic E-state index is 12.1. The van der Waals surface area contributed by atoms with Crippen LogP contribution in [0.5, 0.6) is 5.75 Å². The van der Waals surface area contributed by atoms with Gasteiger partial charge in [0.15, 0.2) is 12.4 Å². The number of aryl methyl sites for hydroxylation is 1. The number of benzene rings is 2. The van der Waals surface area contributed by atoms with Crippen molar-refractivity contribution in [2.45, 2.75) is 20.3 Å². The van der Waals surface area contributed by atoms with E-state index in [2.05, 4.69) is 26.6 Å². The molecule has 138 valence electrons. The van der Waals surface area contributed by atoms with Gasteiger partial charge >= 0.3 is 0 Å². The van der Waals surface area contributed by atoms with Crippen LogP contribution >= 0.6 is 39.1 Å². The summed E-state index contributed by atoms with van der Waals surface area (Å²) < 4.78 is 6.03. The van der Waals surface area contributed by atoms with Gasteiger partial charge in [-0.25, -0.2) is 0 Å². The van der Waals surface area contributed by atoms with Gasteiger partial charge in [0.1, 0.15) is 0 Å². The van der Waals surface area contributed by atoms with Crippen molar-refractivity contribution in [3.8, 4) is 5.75 Å². The van der Waals surface area contributed by atoms with Crippen molar-refractivity contribution in [1.82, 2.24) is 0 Å². The van der Waals surface area contributed by atoms with E-state index in [-0.39, 0.29) is 18.4 Å². The minimum absolute atomic E-state index is 0.0952. The molecule has 2 aromatic rings. The Balaban J connectivity index is 2.02. The van der Waals surface area contributed by atoms with E-state index in [9.17, 15) is 9.59 Å². The topological polar surface area (TPSA) is 67.4 Å². The Morgan fingerprint density at radius 3 is 2.50 bits per heavy atom. The van der Waals surface area contributed by atoms with Gasteiger partial charge in [0.2, 0.25) is 5.91 Å². The van der Waals surface area contributed by atoms with Gasteiger partial charge in [-0.2, -0.15) is 0 Å². The van der Waals surface area contributed by atoms with E-state index in [0.29, 0.717) is 38.1 Å². The van der Waals surface area contributed by atoms with Gasteiger partial charge in [-0.3, -0.25) is 9.59 Å². The number of amides is 2. The average molecular weight is 460 g/mol. The van der Waals surface area contributed by atoms with Gasteiger partial charge in [-0.15, -0.1) is 0 Å². The second kappa shape index (κ2) is 9.26. The first-order valence-corrected chi connectivity index (χ1v) is 9.32. The Morgan fingerprint density at radius 1 is 1.12 bits per heavy atom. The number of halogens is 3. The third-order valence-corrected chi connectivity index (χ3v) is 4.52. The summed E-state index contributed by atoms with van der Waals surface area (Å²) in [7, 11) is 0. The van der Waals surface area contributed by atoms with Gasteiger partial charge in [0, 0.05) is 22.8 Å². The highest BCUT2D eigenvalue weighted by atomic mass is 79.9. The molecule has 2 N–H and O–H groups in total. The van der Waals surface area contributed by atoms with E-state index in [0.717, 1.165) is 5.56 Å². The van der Waals surface area contributed by atoms with Crippen LogP contribution in [0, 0.1) is 6.92 Å². The van der Waals surface area contributed by atoms with Crippen molar-refractivity contribution in [3.63, 3.8) is 0 Å². The highest BCUT2D eigenvalue weighted by molar-refractivity contribution is 9.10. The number of anilines is 2. The molecular formula is C18H17BrCl2N2O3. The Morgan fingerprint density at radius 2 is 1.85 bits per heavy atom. The molecule has 0 unspecified atom stereocenters. The molecule has 0 bridgehead atoms. The van der Waals surface area contributed by atoms with Crippen LogP contribution in [-0.2, 0) is 9.59 Å². The third kappa shape index (κ3) is 5.62. The molecule has 0 spiro atoms. The fourth-order valence-electron chi connectivity index (χ4n) is 2.07. The molecule has 2 rings (SSSR count). The summed E-state index contributed by atoms with van der Waals surface area (Å²) in [5.41, 5.74) is 2.11. The van der Waals surface area contributed by atoms with Gasteiger partial charge < -0.3 is 15.4 Å². The normalized spacial score (nSPS) is 10.3. The number of hydrogen-bond acceptors (Lipinski definition) is 3. The molecule has 0 aromatic heterocycles. The minimum atomic E-state index is -0.362. The molecule has 8 heteroatoms. The fraction of sp³-hybridized carbons (Fsp3) is 0.222. The molecule has 0 aliphatic rings. The molecule has 0 fully saturated rings. The van der Waals surface area contributed by atoms with E-state index in [4.69, 9.17) is 27.9 Å². The summed E-state index contributed by atoms with van der Waals surface area (Å²) in [6.45, 7) is 3.41. The Kier molecular flexibility index (Phi) is 7.32. The predicted octanol–water partition coefficient (Wildman–Crippen LogP) is 5.43. The molecule has 0 aliphatic heterocycles. The van der Waals surface area contributed by atoms with Crippen molar-refractivity contribution in [2.75, 3.05) is 17.2 Å². The van der Waals surface area contributed by atoms with Crippen molar-refractivity contribution in [2.24, 2.45) is 0 Å². The van der Waals surface area contributed by atoms with Gasteiger partial charge in [-0.05, 0) is 52.7 Å². The van der Waals surface area contributed by atoms with Crippen LogP contribution in [0.1, 0.15) is 18.9 Å². The number of ether oxygens (including phenoxy) is 1. The van der Waals surface area contributed by atoms with Gasteiger partial charge in [0.05, 0.1) is 9.50 Å². The van der Waals surface area contributed by atoms with E-state index in [1.54, 1.807) is 25.1 Å². The summed E-state index contributed by atoms with van der Waals surface area (Å²) in [6.07, 6.45) is 0.376. The Labute approximate surface area is 170 Å². The Hall–Kier alpha value is -1.76. The van der Waals surface area contributed by atoms with Crippen LogP contribution in [0.15, 0.2) is 34.8 Å². The monoisotopic (exact) mass is 458 g/mol. The molecule has 0 aliphatic carbocycles. The molecule has 0 saturated carbocycles. The first-order valence-electron chi connectivity index (χ1n) is 7.77. The molecule has 26 heavy (non-hydrogen) atoms. The van der Waals surface area contributed by atoms with Crippen molar-refractivity contribution < 1.29 is 14.3 Å². The maximum absolute atomic E-state index is 12.1. The number of rotatable bonds is 6. The zero-order valence-corrected chi connectivity index (χ0v) is 17.3. The fourth-order valence-corrected chi connectivity index (χ4v) is 3.44. The predicted molar refractivity (Wildman–Crippen MR) is 108 cm³/mol. The van der Waals surface area contributed by atoms with Crippen LogP contribution in [-0.4, -0.2) is 18.4 Å². The quantitative estimate of drug-likeness (QED) is 0.605. The van der Waals surface area contributed by atoms with E-state index < -0.39 is 0 Å². The van der Waals surface area contributed by atoms with Crippen molar-refractivity contribution >= 4 is 62.3 Å². The zero-order chi connectivity index (χ0) is 19.3. The highest BCUT2D eigenvalue weighted by Gasteiger charge is 2.12. The second-order valence-electron chi connectivity index (χ2n) is 5.47. The van der Waals surface area contributed by atoms with E-state index in [1.165, 1.54) is 6.07 Å². The summed E-state index contributed by atoms with van der Waals surface area (Å²) >= 11 is 15.3. The summed E-state index contributed by atoms with van der Waals surface area (Å²) in [5, 5.41) is 6.28. The molecular weight excluding hydrogens is 443 g/mol. The standard InChI is InChI=1S/C18H17BrCl2N2O3/c1-3-16(24)23-15-8-12(5-4-10(15)2)22-17(25)9-26-18-13(19)6-11(20)7-14(18)21/h4-8H,3,9H2,1-2H3,(H,22,25)(H,23,24). The highest BCUT2D eigenvalue weighted by Crippen LogP contribution is 2.36.